The lowest BCUT2D eigenvalue weighted by Gasteiger charge is -2.01. The van der Waals surface area contributed by atoms with E-state index >= 15 is 0 Å². The van der Waals surface area contributed by atoms with Gasteiger partial charge in [0.1, 0.15) is 5.82 Å². The average molecular weight is 277 g/mol. The van der Waals surface area contributed by atoms with Gasteiger partial charge in [-0.1, -0.05) is 35.9 Å². The maximum absolute atomic E-state index is 12.7. The average Bonchev–Trinajstić information content (AvgIpc) is 2.41. The van der Waals surface area contributed by atoms with E-state index in [1.54, 1.807) is 36.4 Å². The minimum atomic E-state index is -0.399. The molecule has 0 bridgehead atoms. The standard InChI is InChI=1S/C14H10ClFN2O/c15-13-4-2-1-3-12(13)14(19)18-17-9-10-5-7-11(16)8-6-10/h1-9H,(H,18,19)/b17-9+. The summed E-state index contributed by atoms with van der Waals surface area (Å²) in [6.45, 7) is 0. The first-order valence-corrected chi connectivity index (χ1v) is 5.88. The van der Waals surface area contributed by atoms with Crippen molar-refractivity contribution in [3.8, 4) is 0 Å². The fraction of sp³-hybridized carbons (Fsp3) is 0. The van der Waals surface area contributed by atoms with Crippen LogP contribution in [0.15, 0.2) is 53.6 Å². The van der Waals surface area contributed by atoms with Gasteiger partial charge in [0, 0.05) is 0 Å². The summed E-state index contributed by atoms with van der Waals surface area (Å²) in [5, 5.41) is 4.14. The number of nitrogens with one attached hydrogen (secondary N) is 1. The van der Waals surface area contributed by atoms with Crippen molar-refractivity contribution < 1.29 is 9.18 Å². The maximum Gasteiger partial charge on any atom is 0.272 e. The monoisotopic (exact) mass is 276 g/mol. The van der Waals surface area contributed by atoms with E-state index in [0.717, 1.165) is 0 Å². The summed E-state index contributed by atoms with van der Waals surface area (Å²) in [4.78, 5) is 11.7. The van der Waals surface area contributed by atoms with Gasteiger partial charge in [-0.15, -0.1) is 0 Å². The highest BCUT2D eigenvalue weighted by Crippen LogP contribution is 2.14. The minimum Gasteiger partial charge on any atom is -0.267 e. The van der Waals surface area contributed by atoms with E-state index in [1.165, 1.54) is 18.3 Å². The van der Waals surface area contributed by atoms with Crippen LogP contribution in [-0.4, -0.2) is 12.1 Å². The number of halogens is 2. The third kappa shape index (κ3) is 3.63. The van der Waals surface area contributed by atoms with E-state index in [-0.39, 0.29) is 5.82 Å². The highest BCUT2D eigenvalue weighted by atomic mass is 35.5. The minimum absolute atomic E-state index is 0.322. The van der Waals surface area contributed by atoms with Crippen LogP contribution in [0.1, 0.15) is 15.9 Å². The summed E-state index contributed by atoms with van der Waals surface area (Å²) in [6.07, 6.45) is 1.42. The molecule has 0 aliphatic carbocycles. The molecule has 0 aliphatic rings. The topological polar surface area (TPSA) is 41.5 Å². The molecule has 0 saturated heterocycles. The summed E-state index contributed by atoms with van der Waals surface area (Å²) in [6, 6.07) is 12.4. The number of hydrogen-bond donors (Lipinski definition) is 1. The maximum atomic E-state index is 12.7. The van der Waals surface area contributed by atoms with Crippen LogP contribution >= 0.6 is 11.6 Å². The molecule has 0 unspecified atom stereocenters. The van der Waals surface area contributed by atoms with Gasteiger partial charge in [0.05, 0.1) is 16.8 Å². The van der Waals surface area contributed by atoms with E-state index in [1.807, 2.05) is 0 Å². The zero-order chi connectivity index (χ0) is 13.7. The zero-order valence-corrected chi connectivity index (χ0v) is 10.6. The second kappa shape index (κ2) is 6.11. The SMILES string of the molecule is O=C(N/N=C/c1ccc(F)cc1)c1ccccc1Cl. The number of carbonyl (C=O) groups excluding carboxylic acids is 1. The van der Waals surface area contributed by atoms with Crippen LogP contribution in [0, 0.1) is 5.82 Å². The first-order chi connectivity index (χ1) is 9.16. The number of hydrazone groups is 1. The van der Waals surface area contributed by atoms with Crippen LogP contribution in [0.3, 0.4) is 0 Å². The third-order valence-corrected chi connectivity index (χ3v) is 2.70. The van der Waals surface area contributed by atoms with Crippen LogP contribution in [0.4, 0.5) is 4.39 Å². The number of rotatable bonds is 3. The molecule has 19 heavy (non-hydrogen) atoms. The molecular weight excluding hydrogens is 267 g/mol. The van der Waals surface area contributed by atoms with Crippen molar-refractivity contribution in [2.24, 2.45) is 5.10 Å². The quantitative estimate of drug-likeness (QED) is 0.679. The number of hydrogen-bond acceptors (Lipinski definition) is 2. The predicted octanol–water partition coefficient (Wildman–Crippen LogP) is 3.24. The van der Waals surface area contributed by atoms with Gasteiger partial charge in [-0.2, -0.15) is 5.10 Å². The summed E-state index contributed by atoms with van der Waals surface area (Å²) in [5.41, 5.74) is 3.38. The van der Waals surface area contributed by atoms with Crippen LogP contribution < -0.4 is 5.43 Å². The molecule has 2 rings (SSSR count). The number of carbonyl (C=O) groups is 1. The van der Waals surface area contributed by atoms with Gasteiger partial charge in [0.2, 0.25) is 0 Å². The lowest BCUT2D eigenvalue weighted by atomic mass is 10.2. The molecule has 0 spiro atoms. The number of amides is 1. The molecule has 2 aromatic rings. The van der Waals surface area contributed by atoms with Crippen LogP contribution in [0.25, 0.3) is 0 Å². The van der Waals surface area contributed by atoms with Gasteiger partial charge >= 0.3 is 0 Å². The summed E-state index contributed by atoms with van der Waals surface area (Å²) in [7, 11) is 0. The Morgan fingerprint density at radius 3 is 2.53 bits per heavy atom. The molecule has 3 nitrogen and oxygen atoms in total. The smallest absolute Gasteiger partial charge is 0.267 e. The molecule has 0 aliphatic heterocycles. The number of benzene rings is 2. The Hall–Kier alpha value is -2.20. The molecule has 96 valence electrons. The second-order valence-electron chi connectivity index (χ2n) is 3.73. The van der Waals surface area contributed by atoms with Crippen molar-refractivity contribution in [1.82, 2.24) is 5.43 Å². The Labute approximate surface area is 114 Å². The van der Waals surface area contributed by atoms with Gasteiger partial charge in [-0.25, -0.2) is 9.82 Å². The normalized spacial score (nSPS) is 10.6. The van der Waals surface area contributed by atoms with Gasteiger partial charge < -0.3 is 0 Å². The van der Waals surface area contributed by atoms with Crippen molar-refractivity contribution >= 4 is 23.7 Å². The Kier molecular flexibility index (Phi) is 4.26. The largest absolute Gasteiger partial charge is 0.272 e. The molecule has 0 aromatic heterocycles. The van der Waals surface area contributed by atoms with Crippen molar-refractivity contribution in [2.45, 2.75) is 0 Å². The number of nitrogens with zero attached hydrogens (tertiary/aromatic N) is 1. The highest BCUT2D eigenvalue weighted by molar-refractivity contribution is 6.33. The van der Waals surface area contributed by atoms with E-state index < -0.39 is 5.91 Å². The van der Waals surface area contributed by atoms with Crippen LogP contribution in [0.2, 0.25) is 5.02 Å². The Morgan fingerprint density at radius 1 is 1.16 bits per heavy atom. The molecule has 0 fully saturated rings. The van der Waals surface area contributed by atoms with Gasteiger partial charge in [0.25, 0.3) is 5.91 Å². The Balaban J connectivity index is 2.01. The highest BCUT2D eigenvalue weighted by Gasteiger charge is 2.07. The first kappa shape index (κ1) is 13.2. The zero-order valence-electron chi connectivity index (χ0n) is 9.81. The lowest BCUT2D eigenvalue weighted by molar-refractivity contribution is 0.0955. The fourth-order valence-corrected chi connectivity index (χ4v) is 1.64. The van der Waals surface area contributed by atoms with E-state index in [0.29, 0.717) is 16.1 Å². The molecule has 1 amide bonds. The van der Waals surface area contributed by atoms with E-state index in [2.05, 4.69) is 10.5 Å². The second-order valence-corrected chi connectivity index (χ2v) is 4.14. The molecule has 0 saturated carbocycles. The Morgan fingerprint density at radius 2 is 1.84 bits per heavy atom. The molecule has 0 radical (unpaired) electrons. The molecule has 5 heteroatoms. The molecule has 0 atom stereocenters. The van der Waals surface area contributed by atoms with Crippen molar-refractivity contribution in [3.63, 3.8) is 0 Å². The predicted molar refractivity (Wildman–Crippen MR) is 72.9 cm³/mol. The van der Waals surface area contributed by atoms with Gasteiger partial charge in [-0.3, -0.25) is 4.79 Å². The molecule has 1 N–H and O–H groups in total. The van der Waals surface area contributed by atoms with Gasteiger partial charge in [0.15, 0.2) is 0 Å². The molecule has 2 aromatic carbocycles. The van der Waals surface area contributed by atoms with Crippen molar-refractivity contribution in [3.05, 3.63) is 70.5 Å². The van der Waals surface area contributed by atoms with Crippen LogP contribution in [0.5, 0.6) is 0 Å². The Bertz CT molecular complexity index is 611. The summed E-state index contributed by atoms with van der Waals surface area (Å²) in [5.74, 6) is -0.721. The van der Waals surface area contributed by atoms with Crippen LogP contribution in [-0.2, 0) is 0 Å². The third-order valence-electron chi connectivity index (χ3n) is 2.37. The molecular formula is C14H10ClFN2O. The summed E-state index contributed by atoms with van der Waals surface area (Å²) >= 11 is 5.88. The van der Waals surface area contributed by atoms with Crippen molar-refractivity contribution in [2.75, 3.05) is 0 Å². The van der Waals surface area contributed by atoms with E-state index in [9.17, 15) is 9.18 Å². The van der Waals surface area contributed by atoms with Crippen molar-refractivity contribution in [1.29, 1.82) is 0 Å². The van der Waals surface area contributed by atoms with E-state index in [4.69, 9.17) is 11.6 Å². The fourth-order valence-electron chi connectivity index (χ4n) is 1.42. The first-order valence-electron chi connectivity index (χ1n) is 5.50. The van der Waals surface area contributed by atoms with Gasteiger partial charge in [-0.05, 0) is 29.8 Å². The summed E-state index contributed by atoms with van der Waals surface area (Å²) < 4.78 is 12.7. The lowest BCUT2D eigenvalue weighted by Crippen LogP contribution is -2.17. The molecule has 0 heterocycles.